The SMILES string of the molecule is O=C1CCC[C@H]2CN(C(=O)O)C[C@@H]12. The van der Waals surface area contributed by atoms with Gasteiger partial charge in [-0.1, -0.05) is 0 Å². The maximum absolute atomic E-state index is 11.4. The van der Waals surface area contributed by atoms with Crippen LogP contribution in [0.2, 0.25) is 0 Å². The van der Waals surface area contributed by atoms with E-state index in [1.165, 1.54) is 4.90 Å². The van der Waals surface area contributed by atoms with Gasteiger partial charge in [-0.15, -0.1) is 0 Å². The standard InChI is InChI=1S/C9H13NO3/c11-8-3-1-2-6-4-10(9(12)13)5-7(6)8/h6-7H,1-5H2,(H,12,13)/t6-,7+/m0/s1. The highest BCUT2D eigenvalue weighted by atomic mass is 16.4. The Kier molecular flexibility index (Phi) is 1.98. The van der Waals surface area contributed by atoms with Crippen molar-refractivity contribution in [2.24, 2.45) is 11.8 Å². The number of carbonyl (C=O) groups excluding carboxylic acids is 1. The van der Waals surface area contributed by atoms with Gasteiger partial charge in [0, 0.05) is 25.4 Å². The molecular weight excluding hydrogens is 170 g/mol. The van der Waals surface area contributed by atoms with Crippen molar-refractivity contribution < 1.29 is 14.7 Å². The summed E-state index contributed by atoms with van der Waals surface area (Å²) in [7, 11) is 0. The number of carboxylic acid groups (broad SMARTS) is 1. The molecule has 2 fully saturated rings. The van der Waals surface area contributed by atoms with Crippen LogP contribution in [-0.2, 0) is 4.79 Å². The molecule has 2 atom stereocenters. The monoisotopic (exact) mass is 183 g/mol. The van der Waals surface area contributed by atoms with Crippen LogP contribution in [-0.4, -0.2) is 35.0 Å². The molecular formula is C9H13NO3. The largest absolute Gasteiger partial charge is 0.465 e. The van der Waals surface area contributed by atoms with Crippen LogP contribution in [0, 0.1) is 11.8 Å². The summed E-state index contributed by atoms with van der Waals surface area (Å²) >= 11 is 0. The third-order valence-electron chi connectivity index (χ3n) is 3.12. The molecule has 4 nitrogen and oxygen atoms in total. The fourth-order valence-electron chi connectivity index (χ4n) is 2.41. The summed E-state index contributed by atoms with van der Waals surface area (Å²) in [6.45, 7) is 0.991. The molecule has 72 valence electrons. The van der Waals surface area contributed by atoms with Gasteiger partial charge in [-0.25, -0.2) is 4.79 Å². The second-order valence-electron chi connectivity index (χ2n) is 3.91. The molecule has 0 bridgehead atoms. The predicted octanol–water partition coefficient (Wildman–Crippen LogP) is 0.965. The first-order chi connectivity index (χ1) is 6.18. The van der Waals surface area contributed by atoms with E-state index in [0.717, 1.165) is 12.8 Å². The molecule has 0 spiro atoms. The summed E-state index contributed by atoms with van der Waals surface area (Å²) in [6.07, 6.45) is 1.71. The molecule has 1 aliphatic heterocycles. The molecule has 0 aromatic carbocycles. The number of rotatable bonds is 0. The topological polar surface area (TPSA) is 57.6 Å². The van der Waals surface area contributed by atoms with Gasteiger partial charge in [0.25, 0.3) is 0 Å². The Hall–Kier alpha value is -1.06. The molecule has 0 radical (unpaired) electrons. The van der Waals surface area contributed by atoms with Crippen LogP contribution in [0.1, 0.15) is 19.3 Å². The lowest BCUT2D eigenvalue weighted by atomic mass is 9.81. The lowest BCUT2D eigenvalue weighted by Crippen LogP contribution is -2.28. The Morgan fingerprint density at radius 1 is 1.46 bits per heavy atom. The number of nitrogens with zero attached hydrogens (tertiary/aromatic N) is 1. The number of hydrogen-bond acceptors (Lipinski definition) is 2. The summed E-state index contributed by atoms with van der Waals surface area (Å²) < 4.78 is 0. The van der Waals surface area contributed by atoms with Gasteiger partial charge in [-0.05, 0) is 18.8 Å². The van der Waals surface area contributed by atoms with Crippen molar-refractivity contribution in [1.82, 2.24) is 4.90 Å². The predicted molar refractivity (Wildman–Crippen MR) is 45.4 cm³/mol. The third kappa shape index (κ3) is 1.41. The summed E-state index contributed by atoms with van der Waals surface area (Å²) in [5.41, 5.74) is 0. The van der Waals surface area contributed by atoms with E-state index in [2.05, 4.69) is 0 Å². The van der Waals surface area contributed by atoms with Crippen molar-refractivity contribution in [3.8, 4) is 0 Å². The van der Waals surface area contributed by atoms with Crippen molar-refractivity contribution in [3.63, 3.8) is 0 Å². The highest BCUT2D eigenvalue weighted by molar-refractivity contribution is 5.83. The first-order valence-corrected chi connectivity index (χ1v) is 4.69. The van der Waals surface area contributed by atoms with Crippen LogP contribution in [0.15, 0.2) is 0 Å². The van der Waals surface area contributed by atoms with Crippen LogP contribution in [0.3, 0.4) is 0 Å². The summed E-state index contributed by atoms with van der Waals surface area (Å²) in [5, 5.41) is 8.76. The number of hydrogen-bond donors (Lipinski definition) is 1. The zero-order valence-corrected chi connectivity index (χ0v) is 7.40. The quantitative estimate of drug-likeness (QED) is 0.608. The minimum atomic E-state index is -0.887. The van der Waals surface area contributed by atoms with E-state index in [1.54, 1.807) is 0 Å². The second kappa shape index (κ2) is 3.01. The van der Waals surface area contributed by atoms with Crippen LogP contribution in [0.5, 0.6) is 0 Å². The molecule has 1 saturated heterocycles. The molecule has 4 heteroatoms. The Labute approximate surface area is 76.5 Å². The Bertz CT molecular complexity index is 251. The average molecular weight is 183 g/mol. The minimum Gasteiger partial charge on any atom is -0.465 e. The van der Waals surface area contributed by atoms with E-state index in [4.69, 9.17) is 5.11 Å². The van der Waals surface area contributed by atoms with E-state index >= 15 is 0 Å². The lowest BCUT2D eigenvalue weighted by molar-refractivity contribution is -0.125. The number of ketones is 1. The second-order valence-corrected chi connectivity index (χ2v) is 3.91. The van der Waals surface area contributed by atoms with Crippen molar-refractivity contribution in [3.05, 3.63) is 0 Å². The Morgan fingerprint density at radius 2 is 2.23 bits per heavy atom. The van der Waals surface area contributed by atoms with Crippen molar-refractivity contribution in [2.45, 2.75) is 19.3 Å². The molecule has 0 unspecified atom stereocenters. The van der Waals surface area contributed by atoms with E-state index in [1.807, 2.05) is 0 Å². The summed E-state index contributed by atoms with van der Waals surface area (Å²) in [6, 6.07) is 0. The third-order valence-corrected chi connectivity index (χ3v) is 3.12. The molecule has 0 aromatic heterocycles. The fraction of sp³-hybridized carbons (Fsp3) is 0.778. The van der Waals surface area contributed by atoms with E-state index in [-0.39, 0.29) is 11.7 Å². The first kappa shape index (κ1) is 8.53. The number of amides is 1. The molecule has 0 aromatic rings. The highest BCUT2D eigenvalue weighted by Crippen LogP contribution is 2.33. The van der Waals surface area contributed by atoms with Crippen molar-refractivity contribution >= 4 is 11.9 Å². The van der Waals surface area contributed by atoms with Gasteiger partial charge in [0.2, 0.25) is 0 Å². The summed E-state index contributed by atoms with van der Waals surface area (Å²) in [5.74, 6) is 0.571. The van der Waals surface area contributed by atoms with E-state index in [9.17, 15) is 9.59 Å². The van der Waals surface area contributed by atoms with Crippen LogP contribution >= 0.6 is 0 Å². The number of Topliss-reactive ketones (excluding diaryl/α,β-unsaturated/α-hetero) is 1. The Balaban J connectivity index is 2.08. The van der Waals surface area contributed by atoms with Crippen LogP contribution in [0.25, 0.3) is 0 Å². The van der Waals surface area contributed by atoms with Crippen LogP contribution < -0.4 is 0 Å². The zero-order valence-electron chi connectivity index (χ0n) is 7.40. The maximum Gasteiger partial charge on any atom is 0.407 e. The van der Waals surface area contributed by atoms with Crippen molar-refractivity contribution in [1.29, 1.82) is 0 Å². The molecule has 13 heavy (non-hydrogen) atoms. The van der Waals surface area contributed by atoms with Gasteiger partial charge in [0.05, 0.1) is 0 Å². The molecule has 1 saturated carbocycles. The van der Waals surface area contributed by atoms with E-state index < -0.39 is 6.09 Å². The number of likely N-dealkylation sites (tertiary alicyclic amines) is 1. The minimum absolute atomic E-state index is 0.00449. The molecule has 1 amide bonds. The van der Waals surface area contributed by atoms with Crippen LogP contribution in [0.4, 0.5) is 4.79 Å². The molecule has 2 rings (SSSR count). The molecule has 1 N–H and O–H groups in total. The molecule has 2 aliphatic rings. The normalized spacial score (nSPS) is 33.2. The highest BCUT2D eigenvalue weighted by Gasteiger charge is 2.40. The number of carbonyl (C=O) groups is 2. The van der Waals surface area contributed by atoms with Gasteiger partial charge < -0.3 is 10.0 Å². The van der Waals surface area contributed by atoms with E-state index in [0.29, 0.717) is 25.4 Å². The fourth-order valence-corrected chi connectivity index (χ4v) is 2.41. The Morgan fingerprint density at radius 3 is 2.85 bits per heavy atom. The summed E-state index contributed by atoms with van der Waals surface area (Å²) in [4.78, 5) is 23.5. The lowest BCUT2D eigenvalue weighted by Gasteiger charge is -2.21. The maximum atomic E-state index is 11.4. The van der Waals surface area contributed by atoms with Gasteiger partial charge in [0.15, 0.2) is 0 Å². The van der Waals surface area contributed by atoms with Gasteiger partial charge in [0.1, 0.15) is 5.78 Å². The van der Waals surface area contributed by atoms with Gasteiger partial charge in [-0.3, -0.25) is 4.79 Å². The van der Waals surface area contributed by atoms with Gasteiger partial charge >= 0.3 is 6.09 Å². The average Bonchev–Trinajstić information content (AvgIpc) is 2.49. The number of fused-ring (bicyclic) bond motifs is 1. The smallest absolute Gasteiger partial charge is 0.407 e. The molecule has 1 aliphatic carbocycles. The zero-order chi connectivity index (χ0) is 9.42. The first-order valence-electron chi connectivity index (χ1n) is 4.69. The van der Waals surface area contributed by atoms with Gasteiger partial charge in [-0.2, -0.15) is 0 Å². The van der Waals surface area contributed by atoms with Crippen molar-refractivity contribution in [2.75, 3.05) is 13.1 Å². The molecule has 1 heterocycles.